The van der Waals surface area contributed by atoms with Crippen LogP contribution in [0.4, 0.5) is 16.2 Å². The number of aromatic nitrogens is 5. The molecule has 0 radical (unpaired) electrons. The number of nitrogen functional groups attached to an aromatic ring is 1. The van der Waals surface area contributed by atoms with Crippen LogP contribution >= 0.6 is 0 Å². The molecule has 0 amide bonds. The molecule has 4 rings (SSSR count). The van der Waals surface area contributed by atoms with Crippen LogP contribution in [0.15, 0.2) is 36.7 Å². The summed E-state index contributed by atoms with van der Waals surface area (Å²) in [5.41, 5.74) is 7.62. The van der Waals surface area contributed by atoms with E-state index in [4.69, 9.17) is 5.73 Å². The number of pyridine rings is 2. The largest absolute Gasteiger partial charge is 0.368 e. The van der Waals surface area contributed by atoms with Gasteiger partial charge in [0.1, 0.15) is 11.6 Å². The van der Waals surface area contributed by atoms with Gasteiger partial charge in [0.2, 0.25) is 11.9 Å². The summed E-state index contributed by atoms with van der Waals surface area (Å²) in [6.45, 7) is 1.71. The van der Waals surface area contributed by atoms with Gasteiger partial charge in [-0.2, -0.15) is 4.39 Å². The number of hydrogen-bond acceptors (Lipinski definition) is 6. The molecule has 0 atom stereocenters. The smallest absolute Gasteiger partial charge is 0.221 e. The first-order valence-electron chi connectivity index (χ1n) is 8.60. The van der Waals surface area contributed by atoms with Crippen LogP contribution in [0.1, 0.15) is 24.6 Å². The van der Waals surface area contributed by atoms with E-state index >= 15 is 0 Å². The topological polar surface area (TPSA) is 85.8 Å². The Bertz CT molecular complexity index is 898. The predicted molar refractivity (Wildman–Crippen MR) is 97.0 cm³/mol. The van der Waals surface area contributed by atoms with E-state index in [1.165, 1.54) is 6.07 Å². The Balaban J connectivity index is 1.55. The van der Waals surface area contributed by atoms with Crippen molar-refractivity contribution in [1.82, 2.24) is 24.7 Å². The standard InChI is InChI=1S/C18H20FN7/c1-25-16(23-24-18(25)20)12-6-9-26(10-7-12)17-14(3-2-8-21-17)13-4-5-15(19)22-11-13/h2-5,8,11-12H,6-7,9-10H2,1H3,(H2,20,24). The summed E-state index contributed by atoms with van der Waals surface area (Å²) in [6.07, 6.45) is 5.23. The van der Waals surface area contributed by atoms with Crippen LogP contribution < -0.4 is 10.6 Å². The minimum atomic E-state index is -0.483. The van der Waals surface area contributed by atoms with Gasteiger partial charge in [0, 0.05) is 49.6 Å². The van der Waals surface area contributed by atoms with Crippen molar-refractivity contribution in [2.45, 2.75) is 18.8 Å². The lowest BCUT2D eigenvalue weighted by Crippen LogP contribution is -2.34. The van der Waals surface area contributed by atoms with E-state index in [1.54, 1.807) is 18.5 Å². The predicted octanol–water partition coefficient (Wildman–Crippen LogP) is 2.38. The molecular formula is C18H20FN7. The second-order valence-corrected chi connectivity index (χ2v) is 6.48. The number of hydrogen-bond donors (Lipinski definition) is 1. The lowest BCUT2D eigenvalue weighted by atomic mass is 9.95. The van der Waals surface area contributed by atoms with Crippen molar-refractivity contribution < 1.29 is 4.39 Å². The maximum Gasteiger partial charge on any atom is 0.221 e. The normalized spacial score (nSPS) is 15.4. The Morgan fingerprint density at radius 1 is 1.12 bits per heavy atom. The lowest BCUT2D eigenvalue weighted by molar-refractivity contribution is 0.473. The van der Waals surface area contributed by atoms with Gasteiger partial charge in [-0.3, -0.25) is 0 Å². The van der Waals surface area contributed by atoms with E-state index in [0.29, 0.717) is 11.9 Å². The van der Waals surface area contributed by atoms with Crippen molar-refractivity contribution in [2.75, 3.05) is 23.7 Å². The molecule has 3 aromatic rings. The Hall–Kier alpha value is -3.03. The van der Waals surface area contributed by atoms with Gasteiger partial charge in [0.05, 0.1) is 0 Å². The fraction of sp³-hybridized carbons (Fsp3) is 0.333. The van der Waals surface area contributed by atoms with Crippen LogP contribution in [0.3, 0.4) is 0 Å². The molecule has 3 aromatic heterocycles. The molecule has 0 aromatic carbocycles. The second kappa shape index (κ2) is 6.70. The fourth-order valence-corrected chi connectivity index (χ4v) is 3.47. The van der Waals surface area contributed by atoms with Gasteiger partial charge in [-0.05, 0) is 37.1 Å². The zero-order valence-corrected chi connectivity index (χ0v) is 14.5. The molecule has 1 saturated heterocycles. The molecule has 0 spiro atoms. The Morgan fingerprint density at radius 2 is 1.92 bits per heavy atom. The molecule has 1 aliphatic rings. The molecule has 4 heterocycles. The summed E-state index contributed by atoms with van der Waals surface area (Å²) in [5, 5.41) is 8.18. The van der Waals surface area contributed by atoms with Gasteiger partial charge in [-0.1, -0.05) is 0 Å². The van der Waals surface area contributed by atoms with Gasteiger partial charge < -0.3 is 15.2 Å². The van der Waals surface area contributed by atoms with Crippen molar-refractivity contribution in [3.8, 4) is 11.1 Å². The van der Waals surface area contributed by atoms with Gasteiger partial charge in [0.25, 0.3) is 0 Å². The summed E-state index contributed by atoms with van der Waals surface area (Å²) in [6, 6.07) is 6.98. The molecular weight excluding hydrogens is 333 g/mol. The monoisotopic (exact) mass is 353 g/mol. The van der Waals surface area contributed by atoms with Crippen LogP contribution in [0.2, 0.25) is 0 Å². The van der Waals surface area contributed by atoms with Crippen LogP contribution in [0.5, 0.6) is 0 Å². The zero-order chi connectivity index (χ0) is 18.1. The molecule has 7 nitrogen and oxygen atoms in total. The van der Waals surface area contributed by atoms with Crippen LogP contribution in [0, 0.1) is 5.95 Å². The number of nitrogens with two attached hydrogens (primary N) is 1. The van der Waals surface area contributed by atoms with Crippen molar-refractivity contribution in [3.63, 3.8) is 0 Å². The third-order valence-electron chi connectivity index (χ3n) is 4.93. The minimum Gasteiger partial charge on any atom is -0.368 e. The van der Waals surface area contributed by atoms with E-state index in [-0.39, 0.29) is 0 Å². The van der Waals surface area contributed by atoms with E-state index in [9.17, 15) is 4.39 Å². The van der Waals surface area contributed by atoms with E-state index < -0.39 is 5.95 Å². The van der Waals surface area contributed by atoms with Gasteiger partial charge in [0.15, 0.2) is 0 Å². The first-order chi connectivity index (χ1) is 12.6. The third-order valence-corrected chi connectivity index (χ3v) is 4.93. The Morgan fingerprint density at radius 3 is 2.58 bits per heavy atom. The summed E-state index contributed by atoms with van der Waals surface area (Å²) >= 11 is 0. The van der Waals surface area contributed by atoms with Gasteiger partial charge in [-0.25, -0.2) is 9.97 Å². The van der Waals surface area contributed by atoms with Gasteiger partial charge in [-0.15, -0.1) is 10.2 Å². The van der Waals surface area contributed by atoms with Gasteiger partial charge >= 0.3 is 0 Å². The number of halogens is 1. The quantitative estimate of drug-likeness (QED) is 0.728. The maximum absolute atomic E-state index is 13.1. The fourth-order valence-electron chi connectivity index (χ4n) is 3.47. The zero-order valence-electron chi connectivity index (χ0n) is 14.5. The first-order valence-corrected chi connectivity index (χ1v) is 8.60. The molecule has 134 valence electrons. The maximum atomic E-state index is 13.1. The van der Waals surface area contributed by atoms with Crippen LogP contribution in [-0.4, -0.2) is 37.8 Å². The molecule has 0 aliphatic carbocycles. The summed E-state index contributed by atoms with van der Waals surface area (Å²) in [7, 11) is 1.90. The second-order valence-electron chi connectivity index (χ2n) is 6.48. The van der Waals surface area contributed by atoms with Crippen molar-refractivity contribution in [2.24, 2.45) is 7.05 Å². The SMILES string of the molecule is Cn1c(N)nnc1C1CCN(c2ncccc2-c2ccc(F)nc2)CC1. The first kappa shape index (κ1) is 16.4. The van der Waals surface area contributed by atoms with E-state index in [1.807, 2.05) is 23.7 Å². The number of piperidine rings is 1. The average Bonchev–Trinajstić information content (AvgIpc) is 3.01. The molecule has 1 fully saturated rings. The van der Waals surface area contributed by atoms with Crippen LogP contribution in [0.25, 0.3) is 11.1 Å². The van der Waals surface area contributed by atoms with Crippen molar-refractivity contribution in [3.05, 3.63) is 48.4 Å². The molecule has 1 aliphatic heterocycles. The molecule has 0 unspecified atom stereocenters. The number of nitrogens with zero attached hydrogens (tertiary/aromatic N) is 6. The van der Waals surface area contributed by atoms with Crippen LogP contribution in [-0.2, 0) is 7.05 Å². The average molecular weight is 353 g/mol. The van der Waals surface area contributed by atoms with Crippen molar-refractivity contribution >= 4 is 11.8 Å². The Labute approximate surface area is 150 Å². The number of anilines is 2. The molecule has 26 heavy (non-hydrogen) atoms. The summed E-state index contributed by atoms with van der Waals surface area (Å²) in [5.74, 6) is 2.13. The Kier molecular flexibility index (Phi) is 4.24. The minimum absolute atomic E-state index is 0.334. The molecule has 2 N–H and O–H groups in total. The highest BCUT2D eigenvalue weighted by Gasteiger charge is 2.26. The van der Waals surface area contributed by atoms with E-state index in [0.717, 1.165) is 48.7 Å². The lowest BCUT2D eigenvalue weighted by Gasteiger charge is -2.33. The summed E-state index contributed by atoms with van der Waals surface area (Å²) < 4.78 is 15.0. The highest BCUT2D eigenvalue weighted by atomic mass is 19.1. The summed E-state index contributed by atoms with van der Waals surface area (Å²) in [4.78, 5) is 10.6. The highest BCUT2D eigenvalue weighted by Crippen LogP contribution is 2.33. The third kappa shape index (κ3) is 2.98. The molecule has 0 bridgehead atoms. The molecule has 0 saturated carbocycles. The highest BCUT2D eigenvalue weighted by molar-refractivity contribution is 5.75. The van der Waals surface area contributed by atoms with Crippen molar-refractivity contribution in [1.29, 1.82) is 0 Å². The number of rotatable bonds is 3. The molecule has 8 heteroatoms. The van der Waals surface area contributed by atoms with E-state index in [2.05, 4.69) is 25.1 Å².